The first-order chi connectivity index (χ1) is 11.8. The molecule has 4 atom stereocenters. The summed E-state index contributed by atoms with van der Waals surface area (Å²) in [7, 11) is 3.89. The molecule has 2 rings (SSSR count). The molecule has 0 aliphatic heterocycles. The van der Waals surface area contributed by atoms with Gasteiger partial charge in [-0.1, -0.05) is 12.1 Å². The third kappa shape index (κ3) is 3.51. The minimum Gasteiger partial charge on any atom is -0.497 e. The maximum Gasteiger partial charge on any atom is 0.316 e. The fraction of sp³-hybridized carbons (Fsp3) is 0.500. The van der Waals surface area contributed by atoms with Crippen LogP contribution in [0.1, 0.15) is 24.8 Å². The molecule has 1 aromatic rings. The molecule has 0 heterocycles. The Kier molecular flexibility index (Phi) is 5.47. The lowest BCUT2D eigenvalue weighted by Gasteiger charge is -2.43. The Morgan fingerprint density at radius 2 is 1.64 bits per heavy atom. The molecule has 1 aliphatic carbocycles. The zero-order valence-corrected chi connectivity index (χ0v) is 14.6. The Labute approximate surface area is 145 Å². The molecule has 0 amide bonds. The summed E-state index contributed by atoms with van der Waals surface area (Å²) in [5, 5.41) is 10.7. The topological polar surface area (TPSA) is 99.1 Å². The molecule has 1 N–H and O–H groups in total. The first-order valence-corrected chi connectivity index (χ1v) is 7.81. The van der Waals surface area contributed by atoms with Gasteiger partial charge in [0.25, 0.3) is 0 Å². The molecule has 25 heavy (non-hydrogen) atoms. The van der Waals surface area contributed by atoms with Crippen LogP contribution in [-0.2, 0) is 23.9 Å². The Hall–Kier alpha value is -2.41. The monoisotopic (exact) mass is 350 g/mol. The Morgan fingerprint density at radius 1 is 1.08 bits per heavy atom. The average Bonchev–Trinajstić information content (AvgIpc) is 2.59. The number of ketones is 1. The van der Waals surface area contributed by atoms with E-state index in [9.17, 15) is 19.5 Å². The van der Waals surface area contributed by atoms with Crippen molar-refractivity contribution >= 4 is 17.7 Å². The van der Waals surface area contributed by atoms with Gasteiger partial charge < -0.3 is 19.3 Å². The molecule has 0 unspecified atom stereocenters. The van der Waals surface area contributed by atoms with Crippen molar-refractivity contribution in [1.82, 2.24) is 0 Å². The van der Waals surface area contributed by atoms with Crippen molar-refractivity contribution in [3.05, 3.63) is 29.8 Å². The maximum atomic E-state index is 12.5. The molecular weight excluding hydrogens is 328 g/mol. The summed E-state index contributed by atoms with van der Waals surface area (Å²) in [5.74, 6) is -4.50. The highest BCUT2D eigenvalue weighted by atomic mass is 16.5. The van der Waals surface area contributed by atoms with Gasteiger partial charge in [-0.15, -0.1) is 0 Å². The zero-order chi connectivity index (χ0) is 18.8. The van der Waals surface area contributed by atoms with Gasteiger partial charge in [-0.3, -0.25) is 14.4 Å². The van der Waals surface area contributed by atoms with E-state index in [2.05, 4.69) is 0 Å². The summed E-state index contributed by atoms with van der Waals surface area (Å²) in [4.78, 5) is 37.2. The summed E-state index contributed by atoms with van der Waals surface area (Å²) in [6, 6.07) is 6.63. The molecule has 1 fully saturated rings. The van der Waals surface area contributed by atoms with Crippen LogP contribution in [0.2, 0.25) is 0 Å². The van der Waals surface area contributed by atoms with Gasteiger partial charge in [0.05, 0.1) is 32.8 Å². The van der Waals surface area contributed by atoms with Crippen LogP contribution in [0.25, 0.3) is 0 Å². The largest absolute Gasteiger partial charge is 0.497 e. The normalized spacial score (nSPS) is 29.0. The van der Waals surface area contributed by atoms with Gasteiger partial charge in [0.15, 0.2) is 5.78 Å². The summed E-state index contributed by atoms with van der Waals surface area (Å²) < 4.78 is 14.7. The predicted octanol–water partition coefficient (Wildman–Crippen LogP) is 1.08. The van der Waals surface area contributed by atoms with Gasteiger partial charge in [0.1, 0.15) is 11.7 Å². The van der Waals surface area contributed by atoms with Crippen molar-refractivity contribution in [2.24, 2.45) is 11.8 Å². The molecule has 0 aromatic heterocycles. The number of hydrogen-bond donors (Lipinski definition) is 1. The third-order valence-electron chi connectivity index (χ3n) is 4.68. The van der Waals surface area contributed by atoms with E-state index in [1.165, 1.54) is 28.3 Å². The molecule has 1 aromatic carbocycles. The van der Waals surface area contributed by atoms with Crippen LogP contribution in [0.15, 0.2) is 24.3 Å². The standard InChI is InChI=1S/C18H22O7/c1-18(22)9-12(19)14(16(20)24-3)13(15(18)17(21)25-4)10-5-7-11(23-2)8-6-10/h5-8,13-15,22H,9H2,1-4H3/t13-,14+,15-,18-/m1/s1. The van der Waals surface area contributed by atoms with Crippen molar-refractivity contribution in [3.63, 3.8) is 0 Å². The van der Waals surface area contributed by atoms with Gasteiger partial charge in [-0.25, -0.2) is 0 Å². The van der Waals surface area contributed by atoms with Crippen LogP contribution in [0, 0.1) is 11.8 Å². The van der Waals surface area contributed by atoms with Crippen molar-refractivity contribution < 1.29 is 33.7 Å². The first kappa shape index (κ1) is 18.9. The third-order valence-corrected chi connectivity index (χ3v) is 4.68. The van der Waals surface area contributed by atoms with Gasteiger partial charge in [0.2, 0.25) is 0 Å². The highest BCUT2D eigenvalue weighted by Gasteiger charge is 2.56. The molecule has 0 bridgehead atoms. The van der Waals surface area contributed by atoms with Crippen LogP contribution in [0.4, 0.5) is 0 Å². The molecule has 1 aliphatic rings. The van der Waals surface area contributed by atoms with Crippen LogP contribution in [0.3, 0.4) is 0 Å². The minimum atomic E-state index is -1.64. The van der Waals surface area contributed by atoms with Gasteiger partial charge in [-0.2, -0.15) is 0 Å². The lowest BCUT2D eigenvalue weighted by Crippen LogP contribution is -2.55. The predicted molar refractivity (Wildman–Crippen MR) is 87.0 cm³/mol. The number of methoxy groups -OCH3 is 3. The number of carbonyl (C=O) groups excluding carboxylic acids is 3. The van der Waals surface area contributed by atoms with E-state index in [-0.39, 0.29) is 6.42 Å². The highest BCUT2D eigenvalue weighted by Crippen LogP contribution is 2.46. The molecule has 0 radical (unpaired) electrons. The quantitative estimate of drug-likeness (QED) is 0.641. The number of ether oxygens (including phenoxy) is 3. The van der Waals surface area contributed by atoms with Crippen molar-refractivity contribution in [2.75, 3.05) is 21.3 Å². The second-order valence-electron chi connectivity index (χ2n) is 6.30. The summed E-state index contributed by atoms with van der Waals surface area (Å²) in [5.41, 5.74) is -1.10. The molecular formula is C18H22O7. The second kappa shape index (κ2) is 7.23. The van der Waals surface area contributed by atoms with E-state index in [0.717, 1.165) is 0 Å². The number of esters is 2. The first-order valence-electron chi connectivity index (χ1n) is 7.81. The fourth-order valence-corrected chi connectivity index (χ4v) is 3.50. The Bertz CT molecular complexity index is 663. The molecule has 0 saturated heterocycles. The lowest BCUT2D eigenvalue weighted by molar-refractivity contribution is -0.170. The maximum absolute atomic E-state index is 12.5. The molecule has 1 saturated carbocycles. The van der Waals surface area contributed by atoms with Crippen molar-refractivity contribution in [2.45, 2.75) is 24.9 Å². The molecule has 0 spiro atoms. The van der Waals surface area contributed by atoms with Crippen LogP contribution < -0.4 is 4.74 Å². The molecule has 136 valence electrons. The smallest absolute Gasteiger partial charge is 0.316 e. The Morgan fingerprint density at radius 3 is 2.12 bits per heavy atom. The number of aliphatic hydroxyl groups is 1. The Balaban J connectivity index is 2.61. The van der Waals surface area contributed by atoms with E-state index in [4.69, 9.17) is 14.2 Å². The fourth-order valence-electron chi connectivity index (χ4n) is 3.50. The van der Waals surface area contributed by atoms with Gasteiger partial charge >= 0.3 is 11.9 Å². The second-order valence-corrected chi connectivity index (χ2v) is 6.30. The van der Waals surface area contributed by atoms with Crippen LogP contribution in [0.5, 0.6) is 5.75 Å². The highest BCUT2D eigenvalue weighted by molar-refractivity contribution is 6.02. The van der Waals surface area contributed by atoms with Crippen LogP contribution in [-0.4, -0.2) is 49.8 Å². The number of hydrogen-bond acceptors (Lipinski definition) is 7. The van der Waals surface area contributed by atoms with E-state index < -0.39 is 41.1 Å². The van der Waals surface area contributed by atoms with E-state index in [0.29, 0.717) is 11.3 Å². The van der Waals surface area contributed by atoms with E-state index in [1.807, 2.05) is 0 Å². The number of Topliss-reactive ketones (excluding diaryl/α,β-unsaturated/α-hetero) is 1. The number of benzene rings is 1. The van der Waals surface area contributed by atoms with Gasteiger partial charge in [0, 0.05) is 12.3 Å². The minimum absolute atomic E-state index is 0.334. The summed E-state index contributed by atoms with van der Waals surface area (Å²) in [6.45, 7) is 1.40. The van der Waals surface area contributed by atoms with Gasteiger partial charge in [-0.05, 0) is 24.6 Å². The summed E-state index contributed by atoms with van der Waals surface area (Å²) in [6.07, 6.45) is -0.334. The van der Waals surface area contributed by atoms with E-state index in [1.54, 1.807) is 24.3 Å². The lowest BCUT2D eigenvalue weighted by atomic mass is 9.62. The molecule has 7 heteroatoms. The van der Waals surface area contributed by atoms with Crippen molar-refractivity contribution in [3.8, 4) is 5.75 Å². The number of carbonyl (C=O) groups is 3. The zero-order valence-electron chi connectivity index (χ0n) is 14.6. The average molecular weight is 350 g/mol. The number of rotatable bonds is 4. The summed E-state index contributed by atoms with van der Waals surface area (Å²) >= 11 is 0. The SMILES string of the molecule is COC(=O)[C@H]1C(=O)C[C@@](C)(O)[C@@H](C(=O)OC)[C@@H]1c1ccc(OC)cc1. The van der Waals surface area contributed by atoms with Crippen LogP contribution >= 0.6 is 0 Å². The van der Waals surface area contributed by atoms with E-state index >= 15 is 0 Å². The molecule has 7 nitrogen and oxygen atoms in total. The van der Waals surface area contributed by atoms with Crippen molar-refractivity contribution in [1.29, 1.82) is 0 Å².